The summed E-state index contributed by atoms with van der Waals surface area (Å²) < 4.78 is 0. The van der Waals surface area contributed by atoms with E-state index >= 15 is 0 Å². The van der Waals surface area contributed by atoms with E-state index in [1.165, 1.54) is 9.80 Å². The number of nitrogens with zero attached hydrogens (tertiary/aromatic N) is 2. The largest absolute Gasteiger partial charge is 0.481 e. The summed E-state index contributed by atoms with van der Waals surface area (Å²) in [5, 5.41) is 50.0. The third kappa shape index (κ3) is 15.7. The summed E-state index contributed by atoms with van der Waals surface area (Å²) in [6, 6.07) is -1.15. The van der Waals surface area contributed by atoms with Crippen molar-refractivity contribution in [2.75, 3.05) is 58.9 Å². The summed E-state index contributed by atoms with van der Waals surface area (Å²) >= 11 is 0. The summed E-state index contributed by atoms with van der Waals surface area (Å²) in [5.74, 6) is -5.67. The second kappa shape index (κ2) is 16.0. The standard InChI is InChI=1S/C17H30N4O10/c22-13(23)2-1-12(17(30)31)21(6-4-19-10-15(26)27)8-7-20(11-16(28)29)5-3-18-9-14(24)25/h12,18-19H,1-11H2,(H,22,23)(H,24,25)(H,26,27)(H,28,29)(H,30,31). The first-order valence-electron chi connectivity index (χ1n) is 9.50. The van der Waals surface area contributed by atoms with Crippen molar-refractivity contribution in [2.45, 2.75) is 18.9 Å². The van der Waals surface area contributed by atoms with Gasteiger partial charge in [-0.1, -0.05) is 0 Å². The number of carbonyl (C=O) groups is 5. The Morgan fingerprint density at radius 2 is 1.23 bits per heavy atom. The van der Waals surface area contributed by atoms with E-state index in [2.05, 4.69) is 10.6 Å². The van der Waals surface area contributed by atoms with Crippen molar-refractivity contribution in [1.29, 1.82) is 0 Å². The van der Waals surface area contributed by atoms with Crippen molar-refractivity contribution >= 4 is 29.8 Å². The van der Waals surface area contributed by atoms with Gasteiger partial charge in [-0.15, -0.1) is 0 Å². The van der Waals surface area contributed by atoms with Crippen molar-refractivity contribution in [3.63, 3.8) is 0 Å². The van der Waals surface area contributed by atoms with E-state index in [0.29, 0.717) is 0 Å². The van der Waals surface area contributed by atoms with Crippen LogP contribution in [0.15, 0.2) is 0 Å². The molecule has 0 saturated heterocycles. The molecule has 0 aromatic carbocycles. The molecule has 0 heterocycles. The van der Waals surface area contributed by atoms with Gasteiger partial charge in [0.05, 0.1) is 19.6 Å². The number of aliphatic carboxylic acids is 5. The highest BCUT2D eigenvalue weighted by Gasteiger charge is 2.26. The van der Waals surface area contributed by atoms with Crippen LogP contribution in [0, 0.1) is 0 Å². The lowest BCUT2D eigenvalue weighted by Gasteiger charge is -2.31. The molecule has 0 rings (SSSR count). The van der Waals surface area contributed by atoms with Crippen LogP contribution in [-0.4, -0.2) is 130 Å². The monoisotopic (exact) mass is 450 g/mol. The van der Waals surface area contributed by atoms with E-state index in [4.69, 9.17) is 20.4 Å². The zero-order valence-corrected chi connectivity index (χ0v) is 17.0. The Bertz CT molecular complexity index is 616. The van der Waals surface area contributed by atoms with Gasteiger partial charge in [-0.2, -0.15) is 0 Å². The molecule has 31 heavy (non-hydrogen) atoms. The second-order valence-corrected chi connectivity index (χ2v) is 6.63. The zero-order chi connectivity index (χ0) is 23.8. The van der Waals surface area contributed by atoms with Crippen molar-refractivity contribution in [1.82, 2.24) is 20.4 Å². The summed E-state index contributed by atoms with van der Waals surface area (Å²) in [7, 11) is 0. The normalized spacial score (nSPS) is 12.1. The Morgan fingerprint density at radius 3 is 1.68 bits per heavy atom. The molecule has 14 nitrogen and oxygen atoms in total. The van der Waals surface area contributed by atoms with Crippen molar-refractivity contribution in [2.24, 2.45) is 0 Å². The molecule has 0 saturated carbocycles. The highest BCUT2D eigenvalue weighted by Crippen LogP contribution is 2.08. The van der Waals surface area contributed by atoms with Gasteiger partial charge in [-0.3, -0.25) is 33.8 Å². The van der Waals surface area contributed by atoms with Crippen LogP contribution in [0.1, 0.15) is 12.8 Å². The fraction of sp³-hybridized carbons (Fsp3) is 0.706. The molecule has 0 fully saturated rings. The van der Waals surface area contributed by atoms with Gasteiger partial charge >= 0.3 is 29.8 Å². The van der Waals surface area contributed by atoms with Gasteiger partial charge in [-0.25, -0.2) is 0 Å². The quantitative estimate of drug-likeness (QED) is 0.0942. The van der Waals surface area contributed by atoms with Crippen LogP contribution in [0.2, 0.25) is 0 Å². The highest BCUT2D eigenvalue weighted by atomic mass is 16.4. The van der Waals surface area contributed by atoms with Gasteiger partial charge in [0.15, 0.2) is 0 Å². The van der Waals surface area contributed by atoms with Crippen LogP contribution in [-0.2, 0) is 24.0 Å². The van der Waals surface area contributed by atoms with Gasteiger partial charge in [0.25, 0.3) is 0 Å². The molecule has 14 heteroatoms. The molecule has 0 aromatic rings. The molecule has 0 aliphatic rings. The first-order chi connectivity index (χ1) is 14.5. The van der Waals surface area contributed by atoms with Gasteiger partial charge in [-0.05, 0) is 6.42 Å². The van der Waals surface area contributed by atoms with E-state index in [1.807, 2.05) is 0 Å². The maximum Gasteiger partial charge on any atom is 0.320 e. The first kappa shape index (κ1) is 28.2. The van der Waals surface area contributed by atoms with E-state index in [-0.39, 0.29) is 71.7 Å². The Kier molecular flexibility index (Phi) is 14.5. The minimum atomic E-state index is -1.24. The van der Waals surface area contributed by atoms with E-state index in [1.54, 1.807) is 0 Å². The average Bonchev–Trinajstić information content (AvgIpc) is 2.64. The van der Waals surface area contributed by atoms with Crippen molar-refractivity contribution < 1.29 is 49.5 Å². The smallest absolute Gasteiger partial charge is 0.320 e. The van der Waals surface area contributed by atoms with E-state index < -0.39 is 35.9 Å². The lowest BCUT2D eigenvalue weighted by molar-refractivity contribution is -0.145. The molecule has 0 amide bonds. The number of carboxylic acids is 5. The molecule has 0 bridgehead atoms. The third-order valence-corrected chi connectivity index (χ3v) is 4.15. The molecular formula is C17H30N4O10. The van der Waals surface area contributed by atoms with Crippen molar-refractivity contribution in [3.8, 4) is 0 Å². The van der Waals surface area contributed by atoms with Crippen LogP contribution >= 0.6 is 0 Å². The first-order valence-corrected chi connectivity index (χ1v) is 9.50. The van der Waals surface area contributed by atoms with Crippen LogP contribution < -0.4 is 10.6 Å². The lowest BCUT2D eigenvalue weighted by Crippen LogP contribution is -2.49. The molecule has 0 radical (unpaired) electrons. The molecule has 178 valence electrons. The predicted octanol–water partition coefficient (Wildman–Crippen LogP) is -2.66. The topological polar surface area (TPSA) is 217 Å². The van der Waals surface area contributed by atoms with Crippen molar-refractivity contribution in [3.05, 3.63) is 0 Å². The fourth-order valence-corrected chi connectivity index (χ4v) is 2.73. The third-order valence-electron chi connectivity index (χ3n) is 4.15. The van der Waals surface area contributed by atoms with Gasteiger partial charge < -0.3 is 36.2 Å². The number of hydrogen-bond acceptors (Lipinski definition) is 9. The Hall–Kier alpha value is -2.81. The molecular weight excluding hydrogens is 420 g/mol. The van der Waals surface area contributed by atoms with Crippen LogP contribution in [0.4, 0.5) is 0 Å². The zero-order valence-electron chi connectivity index (χ0n) is 17.0. The van der Waals surface area contributed by atoms with Gasteiger partial charge in [0, 0.05) is 45.7 Å². The summed E-state index contributed by atoms with van der Waals surface area (Å²) in [6.07, 6.45) is -0.559. The molecule has 0 spiro atoms. The minimum absolute atomic E-state index is 0.0809. The number of nitrogens with one attached hydrogen (secondary N) is 2. The molecule has 0 aliphatic heterocycles. The molecule has 1 atom stereocenters. The van der Waals surface area contributed by atoms with Gasteiger partial charge in [0.1, 0.15) is 6.04 Å². The van der Waals surface area contributed by atoms with Crippen LogP contribution in [0.3, 0.4) is 0 Å². The van der Waals surface area contributed by atoms with E-state index in [0.717, 1.165) is 0 Å². The van der Waals surface area contributed by atoms with Crippen LogP contribution in [0.25, 0.3) is 0 Å². The second-order valence-electron chi connectivity index (χ2n) is 6.63. The molecule has 0 aliphatic carbocycles. The minimum Gasteiger partial charge on any atom is -0.481 e. The number of hydrogen-bond donors (Lipinski definition) is 7. The average molecular weight is 450 g/mol. The molecule has 0 aromatic heterocycles. The van der Waals surface area contributed by atoms with E-state index in [9.17, 15) is 29.1 Å². The SMILES string of the molecule is O=C(O)CCC(C(=O)O)N(CCNCC(=O)O)CCN(CCNCC(=O)O)CC(=O)O. The lowest BCUT2D eigenvalue weighted by atomic mass is 10.1. The number of carboxylic acid groups (broad SMARTS) is 5. The van der Waals surface area contributed by atoms with Gasteiger partial charge in [0.2, 0.25) is 0 Å². The Balaban J connectivity index is 5.06. The Morgan fingerprint density at radius 1 is 0.677 bits per heavy atom. The number of rotatable bonds is 20. The molecule has 1 unspecified atom stereocenters. The summed E-state index contributed by atoms with van der Waals surface area (Å²) in [6.45, 7) is -0.163. The summed E-state index contributed by atoms with van der Waals surface area (Å²) in [4.78, 5) is 57.7. The maximum atomic E-state index is 11.7. The maximum absolute atomic E-state index is 11.7. The fourth-order valence-electron chi connectivity index (χ4n) is 2.73. The predicted molar refractivity (Wildman–Crippen MR) is 105 cm³/mol. The van der Waals surface area contributed by atoms with Crippen LogP contribution in [0.5, 0.6) is 0 Å². The Labute approximate surface area is 178 Å². The summed E-state index contributed by atoms with van der Waals surface area (Å²) in [5.41, 5.74) is 0. The molecule has 7 N–H and O–H groups in total. The highest BCUT2D eigenvalue weighted by molar-refractivity contribution is 5.75.